The van der Waals surface area contributed by atoms with Crippen molar-refractivity contribution in [2.24, 2.45) is 0 Å². The van der Waals surface area contributed by atoms with Crippen LogP contribution < -0.4 is 5.32 Å². The van der Waals surface area contributed by atoms with Crippen LogP contribution in [0.5, 0.6) is 0 Å². The molecule has 2 rings (SSSR count). The monoisotopic (exact) mass is 291 g/mol. The van der Waals surface area contributed by atoms with Gasteiger partial charge in [-0.2, -0.15) is 0 Å². The summed E-state index contributed by atoms with van der Waals surface area (Å²) in [5, 5.41) is 3.48. The summed E-state index contributed by atoms with van der Waals surface area (Å²) in [5.41, 5.74) is 1.86. The fourth-order valence-corrected chi connectivity index (χ4v) is 2.38. The molecule has 3 heteroatoms. The Morgan fingerprint density at radius 1 is 1.05 bits per heavy atom. The van der Waals surface area contributed by atoms with Gasteiger partial charge >= 0.3 is 0 Å². The minimum atomic E-state index is -0.334. The van der Waals surface area contributed by atoms with E-state index < -0.39 is 0 Å². The van der Waals surface area contributed by atoms with Crippen LogP contribution in [0.2, 0.25) is 5.02 Å². The van der Waals surface area contributed by atoms with Crippen molar-refractivity contribution in [2.75, 3.05) is 6.54 Å². The van der Waals surface area contributed by atoms with E-state index in [-0.39, 0.29) is 16.3 Å². The Morgan fingerprint density at radius 3 is 2.45 bits per heavy atom. The smallest absolute Gasteiger partial charge is 0.146 e. The second kappa shape index (κ2) is 6.38. The van der Waals surface area contributed by atoms with Crippen molar-refractivity contribution in [1.82, 2.24) is 5.32 Å². The van der Waals surface area contributed by atoms with Crippen molar-refractivity contribution in [3.63, 3.8) is 0 Å². The predicted octanol–water partition coefficient (Wildman–Crippen LogP) is 4.55. The third-order valence-electron chi connectivity index (χ3n) is 3.47. The van der Waals surface area contributed by atoms with Gasteiger partial charge in [-0.3, -0.25) is 0 Å². The van der Waals surface area contributed by atoms with Gasteiger partial charge in [0.1, 0.15) is 5.82 Å². The summed E-state index contributed by atoms with van der Waals surface area (Å²) in [6.07, 6.45) is 0. The van der Waals surface area contributed by atoms with Crippen LogP contribution in [0.3, 0.4) is 0 Å². The Morgan fingerprint density at radius 2 is 1.75 bits per heavy atom. The third-order valence-corrected chi connectivity index (χ3v) is 3.76. The third kappa shape index (κ3) is 3.59. The van der Waals surface area contributed by atoms with E-state index >= 15 is 0 Å². The number of nitrogens with one attached hydrogen (secondary N) is 1. The molecule has 0 saturated heterocycles. The van der Waals surface area contributed by atoms with E-state index in [9.17, 15) is 4.39 Å². The molecular weight excluding hydrogens is 273 g/mol. The van der Waals surface area contributed by atoms with E-state index in [2.05, 4.69) is 31.3 Å². The molecule has 1 nitrogen and oxygen atoms in total. The summed E-state index contributed by atoms with van der Waals surface area (Å²) in [7, 11) is 0. The molecule has 0 aliphatic carbocycles. The molecule has 0 amide bonds. The van der Waals surface area contributed by atoms with Gasteiger partial charge in [-0.05, 0) is 11.6 Å². The van der Waals surface area contributed by atoms with E-state index in [1.54, 1.807) is 18.2 Å². The topological polar surface area (TPSA) is 12.0 Å². The van der Waals surface area contributed by atoms with E-state index in [1.807, 2.05) is 18.2 Å². The molecule has 0 aliphatic rings. The van der Waals surface area contributed by atoms with Gasteiger partial charge < -0.3 is 5.32 Å². The van der Waals surface area contributed by atoms with Crippen molar-refractivity contribution < 1.29 is 4.39 Å². The van der Waals surface area contributed by atoms with Crippen molar-refractivity contribution >= 4 is 11.6 Å². The van der Waals surface area contributed by atoms with Crippen LogP contribution in [0, 0.1) is 5.82 Å². The van der Waals surface area contributed by atoms with Gasteiger partial charge in [0, 0.05) is 24.1 Å². The summed E-state index contributed by atoms with van der Waals surface area (Å²) in [5.74, 6) is -0.334. The maximum Gasteiger partial charge on any atom is 0.146 e. The van der Waals surface area contributed by atoms with Crippen LogP contribution >= 0.6 is 11.6 Å². The molecule has 0 bridgehead atoms. The number of hydrogen-bond donors (Lipinski definition) is 1. The van der Waals surface area contributed by atoms with E-state index in [1.165, 1.54) is 5.56 Å². The second-order valence-corrected chi connectivity index (χ2v) is 5.97. The maximum atomic E-state index is 13.8. The quantitative estimate of drug-likeness (QED) is 0.852. The average molecular weight is 292 g/mol. The van der Waals surface area contributed by atoms with Gasteiger partial charge in [-0.15, -0.1) is 0 Å². The Bertz CT molecular complexity index is 566. The molecule has 0 spiro atoms. The Labute approximate surface area is 124 Å². The zero-order valence-electron chi connectivity index (χ0n) is 11.8. The van der Waals surface area contributed by atoms with Gasteiger partial charge in [-0.25, -0.2) is 4.39 Å². The fraction of sp³-hybridized carbons (Fsp3) is 0.294. The molecule has 0 unspecified atom stereocenters. The SMILES string of the molecule is CC(C)(CNCc1cccc(Cl)c1F)c1ccccc1. The number of rotatable bonds is 5. The van der Waals surface area contributed by atoms with Crippen molar-refractivity contribution in [3.05, 3.63) is 70.5 Å². The number of benzene rings is 2. The van der Waals surface area contributed by atoms with Gasteiger partial charge in [0.05, 0.1) is 5.02 Å². The highest BCUT2D eigenvalue weighted by molar-refractivity contribution is 6.30. The maximum absolute atomic E-state index is 13.8. The summed E-state index contributed by atoms with van der Waals surface area (Å²) in [6.45, 7) is 5.58. The molecule has 0 fully saturated rings. The van der Waals surface area contributed by atoms with Crippen LogP contribution in [0.4, 0.5) is 4.39 Å². The first-order valence-corrected chi connectivity index (χ1v) is 7.07. The molecule has 0 saturated carbocycles. The number of hydrogen-bond acceptors (Lipinski definition) is 1. The highest BCUT2D eigenvalue weighted by Gasteiger charge is 2.19. The molecule has 0 aromatic heterocycles. The minimum Gasteiger partial charge on any atom is -0.312 e. The molecule has 0 atom stereocenters. The van der Waals surface area contributed by atoms with Crippen molar-refractivity contribution in [1.29, 1.82) is 0 Å². The second-order valence-electron chi connectivity index (χ2n) is 5.57. The first kappa shape index (κ1) is 15.0. The largest absolute Gasteiger partial charge is 0.312 e. The summed E-state index contributed by atoms with van der Waals surface area (Å²) in [6, 6.07) is 15.4. The Hall–Kier alpha value is -1.38. The molecule has 106 valence electrons. The lowest BCUT2D eigenvalue weighted by Gasteiger charge is -2.26. The molecule has 20 heavy (non-hydrogen) atoms. The average Bonchev–Trinajstić information content (AvgIpc) is 2.44. The van der Waals surface area contributed by atoms with E-state index in [4.69, 9.17) is 11.6 Å². The van der Waals surface area contributed by atoms with Crippen molar-refractivity contribution in [3.8, 4) is 0 Å². The molecule has 0 aliphatic heterocycles. The van der Waals surface area contributed by atoms with Crippen molar-refractivity contribution in [2.45, 2.75) is 25.8 Å². The van der Waals surface area contributed by atoms with E-state index in [0.717, 1.165) is 6.54 Å². The number of halogens is 2. The van der Waals surface area contributed by atoms with E-state index in [0.29, 0.717) is 12.1 Å². The molecule has 0 heterocycles. The highest BCUT2D eigenvalue weighted by Crippen LogP contribution is 2.22. The summed E-state index contributed by atoms with van der Waals surface area (Å²) < 4.78 is 13.8. The zero-order chi connectivity index (χ0) is 14.6. The molecule has 2 aromatic carbocycles. The van der Waals surface area contributed by atoms with Gasteiger partial charge in [0.15, 0.2) is 0 Å². The molecule has 1 N–H and O–H groups in total. The van der Waals surface area contributed by atoms with Crippen LogP contribution in [0.15, 0.2) is 48.5 Å². The lowest BCUT2D eigenvalue weighted by atomic mass is 9.84. The summed E-state index contributed by atoms with van der Waals surface area (Å²) >= 11 is 5.78. The minimum absolute atomic E-state index is 0.00366. The lowest BCUT2D eigenvalue weighted by Crippen LogP contribution is -2.32. The van der Waals surface area contributed by atoms with Crippen LogP contribution in [-0.2, 0) is 12.0 Å². The first-order chi connectivity index (χ1) is 9.50. The van der Waals surface area contributed by atoms with Crippen LogP contribution in [0.25, 0.3) is 0 Å². The Balaban J connectivity index is 1.97. The van der Waals surface area contributed by atoms with Crippen LogP contribution in [-0.4, -0.2) is 6.54 Å². The highest BCUT2D eigenvalue weighted by atomic mass is 35.5. The van der Waals surface area contributed by atoms with Gasteiger partial charge in [0.2, 0.25) is 0 Å². The standard InChI is InChI=1S/C17H19ClFN/c1-17(2,14-8-4-3-5-9-14)12-20-11-13-7-6-10-15(18)16(13)19/h3-10,20H,11-12H2,1-2H3. The normalized spacial score (nSPS) is 11.6. The zero-order valence-corrected chi connectivity index (χ0v) is 12.5. The Kier molecular flexibility index (Phi) is 4.79. The first-order valence-electron chi connectivity index (χ1n) is 6.70. The molecule has 0 radical (unpaired) electrons. The lowest BCUT2D eigenvalue weighted by molar-refractivity contribution is 0.464. The van der Waals surface area contributed by atoms with Crippen LogP contribution in [0.1, 0.15) is 25.0 Å². The summed E-state index contributed by atoms with van der Waals surface area (Å²) in [4.78, 5) is 0. The fourth-order valence-electron chi connectivity index (χ4n) is 2.19. The molecular formula is C17H19ClFN. The molecule has 2 aromatic rings. The van der Waals surface area contributed by atoms with Gasteiger partial charge in [-0.1, -0.05) is 67.9 Å². The predicted molar refractivity (Wildman–Crippen MR) is 82.6 cm³/mol. The van der Waals surface area contributed by atoms with Gasteiger partial charge in [0.25, 0.3) is 0 Å².